The fraction of sp³-hybridized carbons (Fsp3) is 0.368. The normalized spacial score (nSPS) is 19.4. The highest BCUT2D eigenvalue weighted by Crippen LogP contribution is 2.51. The first-order valence-corrected chi connectivity index (χ1v) is 8.54. The average Bonchev–Trinajstić information content (AvgIpc) is 3.02. The fourth-order valence-corrected chi connectivity index (χ4v) is 4.12. The van der Waals surface area contributed by atoms with Crippen molar-refractivity contribution in [2.75, 3.05) is 18.8 Å². The lowest BCUT2D eigenvalue weighted by molar-refractivity contribution is 0.161. The van der Waals surface area contributed by atoms with Crippen LogP contribution in [0.3, 0.4) is 0 Å². The lowest BCUT2D eigenvalue weighted by Gasteiger charge is -2.44. The number of ether oxygens (including phenoxy) is 1. The summed E-state index contributed by atoms with van der Waals surface area (Å²) < 4.78 is 5.65. The molecule has 0 unspecified atom stereocenters. The molecule has 0 atom stereocenters. The number of nitrogens with zero attached hydrogens (tertiary/aromatic N) is 3. The van der Waals surface area contributed by atoms with Gasteiger partial charge >= 0.3 is 0 Å². The lowest BCUT2D eigenvalue weighted by Crippen LogP contribution is -2.45. The molecule has 0 aliphatic carbocycles. The van der Waals surface area contributed by atoms with Gasteiger partial charge in [-0.3, -0.25) is 10.00 Å². The SMILES string of the molecule is CC1=C(C#N)Oc2n[nH]c(N)c2C12CCN(Cc1ccccc1)CC2. The molecule has 2 aromatic rings. The molecule has 1 spiro atoms. The Hall–Kier alpha value is -2.78. The van der Waals surface area contributed by atoms with Crippen molar-refractivity contribution in [1.82, 2.24) is 15.1 Å². The third-order valence-electron chi connectivity index (χ3n) is 5.56. The van der Waals surface area contributed by atoms with Gasteiger partial charge in [0.25, 0.3) is 0 Å². The molecule has 1 fully saturated rings. The second kappa shape index (κ2) is 5.94. The molecular formula is C19H21N5O. The number of aromatic nitrogens is 2. The van der Waals surface area contributed by atoms with Gasteiger partial charge in [0.05, 0.1) is 5.56 Å². The number of piperidine rings is 1. The number of likely N-dealkylation sites (tertiary alicyclic amines) is 1. The number of aromatic amines is 1. The summed E-state index contributed by atoms with van der Waals surface area (Å²) >= 11 is 0. The summed E-state index contributed by atoms with van der Waals surface area (Å²) in [4.78, 5) is 2.45. The summed E-state index contributed by atoms with van der Waals surface area (Å²) in [6.45, 7) is 4.81. The van der Waals surface area contributed by atoms with E-state index < -0.39 is 0 Å². The molecule has 128 valence electrons. The molecule has 1 saturated heterocycles. The molecule has 3 heterocycles. The molecule has 6 nitrogen and oxygen atoms in total. The quantitative estimate of drug-likeness (QED) is 0.880. The van der Waals surface area contributed by atoms with Crippen LogP contribution < -0.4 is 10.5 Å². The maximum absolute atomic E-state index is 9.44. The molecule has 3 N–H and O–H groups in total. The number of H-pyrrole nitrogens is 1. The van der Waals surface area contributed by atoms with E-state index in [-0.39, 0.29) is 5.41 Å². The Morgan fingerprint density at radius 3 is 2.72 bits per heavy atom. The van der Waals surface area contributed by atoms with E-state index in [9.17, 15) is 5.26 Å². The van der Waals surface area contributed by atoms with Gasteiger partial charge in [-0.15, -0.1) is 5.10 Å². The smallest absolute Gasteiger partial charge is 0.245 e. The van der Waals surface area contributed by atoms with Crippen LogP contribution in [-0.2, 0) is 12.0 Å². The maximum Gasteiger partial charge on any atom is 0.245 e. The highest BCUT2D eigenvalue weighted by molar-refractivity contribution is 5.59. The number of hydrogen-bond acceptors (Lipinski definition) is 5. The zero-order chi connectivity index (χ0) is 17.4. The van der Waals surface area contributed by atoms with E-state index in [0.29, 0.717) is 17.5 Å². The van der Waals surface area contributed by atoms with Crippen molar-refractivity contribution >= 4 is 5.82 Å². The maximum atomic E-state index is 9.44. The van der Waals surface area contributed by atoms with Crippen LogP contribution in [0.2, 0.25) is 0 Å². The van der Waals surface area contributed by atoms with Crippen molar-refractivity contribution in [3.05, 3.63) is 52.8 Å². The number of benzene rings is 1. The number of nitrogen functional groups attached to an aromatic ring is 1. The van der Waals surface area contributed by atoms with Gasteiger partial charge in [-0.25, -0.2) is 0 Å². The highest BCUT2D eigenvalue weighted by atomic mass is 16.5. The van der Waals surface area contributed by atoms with Gasteiger partial charge in [0.1, 0.15) is 11.9 Å². The Morgan fingerprint density at radius 2 is 2.04 bits per heavy atom. The fourth-order valence-electron chi connectivity index (χ4n) is 4.12. The second-order valence-corrected chi connectivity index (χ2v) is 6.83. The van der Waals surface area contributed by atoms with E-state index in [0.717, 1.165) is 43.6 Å². The predicted octanol–water partition coefficient (Wildman–Crippen LogP) is 2.72. The van der Waals surface area contributed by atoms with Gasteiger partial charge < -0.3 is 10.5 Å². The Kier molecular flexibility index (Phi) is 3.74. The number of nitrogens with two attached hydrogens (primary N) is 1. The van der Waals surface area contributed by atoms with Gasteiger partial charge in [0.15, 0.2) is 0 Å². The van der Waals surface area contributed by atoms with Gasteiger partial charge in [-0.05, 0) is 44.0 Å². The monoisotopic (exact) mass is 335 g/mol. The summed E-state index contributed by atoms with van der Waals surface area (Å²) in [6, 6.07) is 12.7. The standard InChI is InChI=1S/C19H21N5O/c1-13-15(11-20)25-18-16(17(21)22-23-18)19(13)7-9-24(10-8-19)12-14-5-3-2-4-6-14/h2-6H,7-10,12H2,1H3,(H3,21,22,23). The van der Waals surface area contributed by atoms with Gasteiger partial charge in [0, 0.05) is 12.0 Å². The zero-order valence-corrected chi connectivity index (χ0v) is 14.2. The number of rotatable bonds is 2. The second-order valence-electron chi connectivity index (χ2n) is 6.83. The predicted molar refractivity (Wildman–Crippen MR) is 94.6 cm³/mol. The molecule has 1 aromatic heterocycles. The molecule has 6 heteroatoms. The van der Waals surface area contributed by atoms with Crippen LogP contribution in [0.4, 0.5) is 5.82 Å². The summed E-state index contributed by atoms with van der Waals surface area (Å²) in [6.07, 6.45) is 1.80. The van der Waals surface area contributed by atoms with Crippen LogP contribution in [0.5, 0.6) is 5.88 Å². The molecule has 1 aromatic carbocycles. The largest absolute Gasteiger partial charge is 0.426 e. The summed E-state index contributed by atoms with van der Waals surface area (Å²) in [5.74, 6) is 1.36. The number of nitrogens with one attached hydrogen (secondary N) is 1. The molecule has 2 aliphatic heterocycles. The molecule has 0 bridgehead atoms. The third kappa shape index (κ3) is 2.48. The number of anilines is 1. The number of fused-ring (bicyclic) bond motifs is 2. The van der Waals surface area contributed by atoms with E-state index in [2.05, 4.69) is 45.4 Å². The Labute approximate surface area is 146 Å². The van der Waals surface area contributed by atoms with Gasteiger partial charge in [-0.2, -0.15) is 5.26 Å². The van der Waals surface area contributed by atoms with Crippen molar-refractivity contribution in [3.63, 3.8) is 0 Å². The summed E-state index contributed by atoms with van der Waals surface area (Å²) in [5.41, 5.74) is 9.10. The van der Waals surface area contributed by atoms with Crippen molar-refractivity contribution in [1.29, 1.82) is 5.26 Å². The topological polar surface area (TPSA) is 91.0 Å². The third-order valence-corrected chi connectivity index (χ3v) is 5.56. The van der Waals surface area contributed by atoms with E-state index in [1.807, 2.05) is 13.0 Å². The summed E-state index contributed by atoms with van der Waals surface area (Å²) in [7, 11) is 0. The van der Waals surface area contributed by atoms with Crippen LogP contribution in [0.25, 0.3) is 0 Å². The van der Waals surface area contributed by atoms with Crippen molar-refractivity contribution in [2.24, 2.45) is 0 Å². The number of allylic oxidation sites excluding steroid dienone is 2. The van der Waals surface area contributed by atoms with E-state index in [4.69, 9.17) is 10.5 Å². The first-order chi connectivity index (χ1) is 12.1. The molecule has 2 aliphatic rings. The van der Waals surface area contributed by atoms with E-state index in [1.54, 1.807) is 0 Å². The van der Waals surface area contributed by atoms with Gasteiger partial charge in [-0.1, -0.05) is 30.3 Å². The zero-order valence-electron chi connectivity index (χ0n) is 14.2. The first kappa shape index (κ1) is 15.7. The molecule has 0 radical (unpaired) electrons. The van der Waals surface area contributed by atoms with E-state index in [1.165, 1.54) is 5.56 Å². The molecule has 0 saturated carbocycles. The van der Waals surface area contributed by atoms with Crippen LogP contribution in [-0.4, -0.2) is 28.2 Å². The molecular weight excluding hydrogens is 314 g/mol. The van der Waals surface area contributed by atoms with Crippen LogP contribution in [0, 0.1) is 11.3 Å². The minimum absolute atomic E-state index is 0.261. The highest BCUT2D eigenvalue weighted by Gasteiger charge is 2.47. The minimum atomic E-state index is -0.261. The Balaban J connectivity index is 1.61. The number of hydrogen-bond donors (Lipinski definition) is 2. The molecule has 25 heavy (non-hydrogen) atoms. The van der Waals surface area contributed by atoms with Crippen molar-refractivity contribution in [2.45, 2.75) is 31.7 Å². The average molecular weight is 335 g/mol. The van der Waals surface area contributed by atoms with Crippen LogP contribution >= 0.6 is 0 Å². The Bertz CT molecular complexity index is 854. The van der Waals surface area contributed by atoms with Crippen LogP contribution in [0.15, 0.2) is 41.7 Å². The van der Waals surface area contributed by atoms with Crippen molar-refractivity contribution < 1.29 is 4.74 Å². The first-order valence-electron chi connectivity index (χ1n) is 8.54. The minimum Gasteiger partial charge on any atom is -0.426 e. The molecule has 4 rings (SSSR count). The van der Waals surface area contributed by atoms with Crippen molar-refractivity contribution in [3.8, 4) is 11.9 Å². The lowest BCUT2D eigenvalue weighted by atomic mass is 9.67. The van der Waals surface area contributed by atoms with Crippen LogP contribution in [0.1, 0.15) is 30.9 Å². The van der Waals surface area contributed by atoms with E-state index >= 15 is 0 Å². The summed E-state index contributed by atoms with van der Waals surface area (Å²) in [5, 5.41) is 16.4. The van der Waals surface area contributed by atoms with Gasteiger partial charge in [0.2, 0.25) is 11.6 Å². The number of nitriles is 1. The Morgan fingerprint density at radius 1 is 1.32 bits per heavy atom. The molecule has 0 amide bonds.